The normalized spacial score (nSPS) is 17.3. The third-order valence-corrected chi connectivity index (χ3v) is 6.06. The van der Waals surface area contributed by atoms with E-state index in [4.69, 9.17) is 0 Å². The van der Waals surface area contributed by atoms with Crippen molar-refractivity contribution in [3.05, 3.63) is 16.3 Å². The van der Waals surface area contributed by atoms with E-state index in [9.17, 15) is 8.42 Å². The molecule has 1 saturated carbocycles. The second-order valence-electron chi connectivity index (χ2n) is 5.63. The van der Waals surface area contributed by atoms with Gasteiger partial charge in [-0.15, -0.1) is 11.3 Å². The fraction of sp³-hybridized carbons (Fsp3) is 0.714. The van der Waals surface area contributed by atoms with Crippen LogP contribution in [-0.4, -0.2) is 21.0 Å². The summed E-state index contributed by atoms with van der Waals surface area (Å²) in [5, 5.41) is 5.02. The average molecular weight is 316 g/mol. The Labute approximate surface area is 126 Å². The first-order valence-corrected chi connectivity index (χ1v) is 9.68. The Morgan fingerprint density at radius 2 is 2.20 bits per heavy atom. The Hall–Kier alpha value is -0.430. The summed E-state index contributed by atoms with van der Waals surface area (Å²) in [6.45, 7) is 5.76. The molecule has 1 fully saturated rings. The molecule has 0 aromatic carbocycles. The van der Waals surface area contributed by atoms with Gasteiger partial charge in [-0.3, -0.25) is 0 Å². The van der Waals surface area contributed by atoms with Crippen molar-refractivity contribution in [1.29, 1.82) is 0 Å². The molecule has 0 radical (unpaired) electrons. The average Bonchev–Trinajstić information content (AvgIpc) is 3.04. The van der Waals surface area contributed by atoms with Gasteiger partial charge in [0.15, 0.2) is 0 Å². The lowest BCUT2D eigenvalue weighted by Gasteiger charge is -2.12. The van der Waals surface area contributed by atoms with E-state index in [2.05, 4.69) is 17.0 Å². The fourth-order valence-electron chi connectivity index (χ4n) is 2.22. The maximum atomic E-state index is 12.3. The minimum Gasteiger partial charge on any atom is -0.312 e. The molecule has 0 aliphatic heterocycles. The maximum Gasteiger partial charge on any atom is 0.241 e. The topological polar surface area (TPSA) is 58.2 Å². The number of rotatable bonds is 9. The van der Waals surface area contributed by atoms with Gasteiger partial charge >= 0.3 is 0 Å². The van der Waals surface area contributed by atoms with Gasteiger partial charge in [-0.25, -0.2) is 13.1 Å². The molecule has 2 rings (SSSR count). The molecule has 2 N–H and O–H groups in total. The van der Waals surface area contributed by atoms with Gasteiger partial charge in [-0.2, -0.15) is 0 Å². The summed E-state index contributed by atoms with van der Waals surface area (Å²) < 4.78 is 27.3. The van der Waals surface area contributed by atoms with Gasteiger partial charge in [0.25, 0.3) is 0 Å². The zero-order valence-corrected chi connectivity index (χ0v) is 13.8. The molecule has 0 saturated heterocycles. The first-order valence-electron chi connectivity index (χ1n) is 7.31. The van der Waals surface area contributed by atoms with E-state index >= 15 is 0 Å². The van der Waals surface area contributed by atoms with Crippen LogP contribution in [0, 0.1) is 5.92 Å². The number of nitrogens with one attached hydrogen (secondary N) is 2. The highest BCUT2D eigenvalue weighted by Crippen LogP contribution is 2.33. The van der Waals surface area contributed by atoms with E-state index in [1.54, 1.807) is 11.4 Å². The monoisotopic (exact) mass is 316 g/mol. The van der Waals surface area contributed by atoms with Crippen LogP contribution >= 0.6 is 11.3 Å². The van der Waals surface area contributed by atoms with E-state index in [-0.39, 0.29) is 6.04 Å². The van der Waals surface area contributed by atoms with Gasteiger partial charge in [0, 0.05) is 22.8 Å². The van der Waals surface area contributed by atoms with Crippen LogP contribution in [0.1, 0.15) is 44.4 Å². The molecule has 20 heavy (non-hydrogen) atoms. The molecule has 1 aromatic rings. The Kier molecular flexibility index (Phi) is 5.60. The van der Waals surface area contributed by atoms with Crippen LogP contribution in [-0.2, 0) is 16.6 Å². The van der Waals surface area contributed by atoms with Gasteiger partial charge in [0.2, 0.25) is 10.0 Å². The van der Waals surface area contributed by atoms with Crippen molar-refractivity contribution in [3.63, 3.8) is 0 Å². The SMILES string of the molecule is CCCNCc1cc(S(=O)(=O)NC(C)CC2CC2)cs1. The molecule has 6 heteroatoms. The number of hydrogen-bond acceptors (Lipinski definition) is 4. The van der Waals surface area contributed by atoms with Crippen molar-refractivity contribution >= 4 is 21.4 Å². The molecule has 1 aliphatic carbocycles. The molecule has 1 aromatic heterocycles. The molecule has 1 aliphatic rings. The van der Waals surface area contributed by atoms with Crippen LogP contribution in [0.5, 0.6) is 0 Å². The lowest BCUT2D eigenvalue weighted by Crippen LogP contribution is -2.32. The Bertz CT molecular complexity index is 521. The highest BCUT2D eigenvalue weighted by molar-refractivity contribution is 7.89. The van der Waals surface area contributed by atoms with Crippen LogP contribution in [0.2, 0.25) is 0 Å². The molecule has 114 valence electrons. The van der Waals surface area contributed by atoms with Crippen LogP contribution in [0.4, 0.5) is 0 Å². The molecule has 1 heterocycles. The highest BCUT2D eigenvalue weighted by Gasteiger charge is 2.26. The van der Waals surface area contributed by atoms with Gasteiger partial charge in [0.1, 0.15) is 0 Å². The van der Waals surface area contributed by atoms with Crippen molar-refractivity contribution in [2.45, 2.75) is 57.0 Å². The molecule has 0 spiro atoms. The standard InChI is InChI=1S/C14H24N2O2S2/c1-3-6-15-9-13-8-14(10-19-13)20(17,18)16-11(2)7-12-4-5-12/h8,10-12,15-16H,3-7,9H2,1-2H3. The molecule has 1 atom stereocenters. The highest BCUT2D eigenvalue weighted by atomic mass is 32.2. The summed E-state index contributed by atoms with van der Waals surface area (Å²) in [6.07, 6.45) is 4.53. The summed E-state index contributed by atoms with van der Waals surface area (Å²) in [5.41, 5.74) is 0. The van der Waals surface area contributed by atoms with Gasteiger partial charge in [-0.1, -0.05) is 19.8 Å². The second-order valence-corrected chi connectivity index (χ2v) is 8.34. The molecule has 4 nitrogen and oxygen atoms in total. The summed E-state index contributed by atoms with van der Waals surface area (Å²) >= 11 is 1.50. The second kappa shape index (κ2) is 7.02. The zero-order chi connectivity index (χ0) is 14.6. The summed E-state index contributed by atoms with van der Waals surface area (Å²) in [4.78, 5) is 1.46. The maximum absolute atomic E-state index is 12.3. The molecular formula is C14H24N2O2S2. The third-order valence-electron chi connectivity index (χ3n) is 3.41. The Morgan fingerprint density at radius 1 is 1.45 bits per heavy atom. The zero-order valence-electron chi connectivity index (χ0n) is 12.2. The van der Waals surface area contributed by atoms with Gasteiger partial charge < -0.3 is 5.32 Å². The van der Waals surface area contributed by atoms with Crippen molar-refractivity contribution in [3.8, 4) is 0 Å². The minimum absolute atomic E-state index is 0.0223. The number of thiophene rings is 1. The van der Waals surface area contributed by atoms with E-state index in [1.165, 1.54) is 24.2 Å². The molecule has 0 bridgehead atoms. The Morgan fingerprint density at radius 3 is 2.85 bits per heavy atom. The van der Waals surface area contributed by atoms with E-state index in [0.29, 0.717) is 4.90 Å². The predicted octanol–water partition coefficient (Wildman–Crippen LogP) is 2.71. The number of hydrogen-bond donors (Lipinski definition) is 2. The summed E-state index contributed by atoms with van der Waals surface area (Å²) in [7, 11) is -3.35. The van der Waals surface area contributed by atoms with E-state index < -0.39 is 10.0 Å². The molecule has 1 unspecified atom stereocenters. The lowest BCUT2D eigenvalue weighted by molar-refractivity contribution is 0.530. The van der Waals surface area contributed by atoms with Gasteiger partial charge in [0.05, 0.1) is 4.90 Å². The van der Waals surface area contributed by atoms with E-state index in [0.717, 1.165) is 36.7 Å². The minimum atomic E-state index is -3.35. The van der Waals surface area contributed by atoms with Crippen LogP contribution in [0.3, 0.4) is 0 Å². The van der Waals surface area contributed by atoms with Crippen LogP contribution in [0.15, 0.2) is 16.3 Å². The summed E-state index contributed by atoms with van der Waals surface area (Å²) in [6, 6.07) is 1.80. The third kappa shape index (κ3) is 4.84. The van der Waals surface area contributed by atoms with Crippen molar-refractivity contribution in [2.75, 3.05) is 6.54 Å². The van der Waals surface area contributed by atoms with Gasteiger partial charge in [-0.05, 0) is 38.3 Å². The van der Waals surface area contributed by atoms with Crippen LogP contribution < -0.4 is 10.0 Å². The number of sulfonamides is 1. The summed E-state index contributed by atoms with van der Waals surface area (Å²) in [5.74, 6) is 0.726. The smallest absolute Gasteiger partial charge is 0.241 e. The van der Waals surface area contributed by atoms with Crippen molar-refractivity contribution < 1.29 is 8.42 Å². The van der Waals surface area contributed by atoms with E-state index in [1.807, 2.05) is 6.92 Å². The fourth-order valence-corrected chi connectivity index (χ4v) is 4.72. The first-order chi connectivity index (χ1) is 9.51. The predicted molar refractivity (Wildman–Crippen MR) is 83.4 cm³/mol. The first kappa shape index (κ1) is 15.9. The lowest BCUT2D eigenvalue weighted by atomic mass is 10.2. The quantitative estimate of drug-likeness (QED) is 0.689. The van der Waals surface area contributed by atoms with Crippen molar-refractivity contribution in [2.24, 2.45) is 5.92 Å². The molecular weight excluding hydrogens is 292 g/mol. The Balaban J connectivity index is 1.90. The van der Waals surface area contributed by atoms with Crippen LogP contribution in [0.25, 0.3) is 0 Å². The molecule has 0 amide bonds. The van der Waals surface area contributed by atoms with Crippen molar-refractivity contribution in [1.82, 2.24) is 10.0 Å². The largest absolute Gasteiger partial charge is 0.312 e.